The number of amides is 1. The molecule has 0 aliphatic rings. The molecule has 3 aromatic rings. The van der Waals surface area contributed by atoms with Crippen molar-refractivity contribution in [2.75, 3.05) is 5.75 Å². The lowest BCUT2D eigenvalue weighted by Gasteiger charge is -2.14. The average Bonchev–Trinajstić information content (AvgIpc) is 2.94. The van der Waals surface area contributed by atoms with Crippen LogP contribution >= 0.6 is 23.1 Å². The van der Waals surface area contributed by atoms with Crippen LogP contribution in [0.25, 0.3) is 15.9 Å². The molecule has 142 valence electrons. The summed E-state index contributed by atoms with van der Waals surface area (Å²) in [5.74, 6) is 0.167. The number of nitrogens with one attached hydrogen (secondary N) is 1. The summed E-state index contributed by atoms with van der Waals surface area (Å²) in [6.45, 7) is 7.96. The van der Waals surface area contributed by atoms with E-state index in [-0.39, 0.29) is 23.3 Å². The minimum Gasteiger partial charge on any atom is -0.353 e. The van der Waals surface area contributed by atoms with Crippen molar-refractivity contribution in [2.45, 2.75) is 45.3 Å². The zero-order chi connectivity index (χ0) is 19.6. The van der Waals surface area contributed by atoms with Gasteiger partial charge in [-0.3, -0.25) is 14.2 Å². The minimum atomic E-state index is -0.0853. The van der Waals surface area contributed by atoms with Gasteiger partial charge in [-0.15, -0.1) is 11.3 Å². The Kier molecular flexibility index (Phi) is 6.01. The molecule has 1 N–H and O–H groups in total. The number of fused-ring (bicyclic) bond motifs is 1. The van der Waals surface area contributed by atoms with E-state index in [9.17, 15) is 9.59 Å². The molecule has 2 aromatic heterocycles. The highest BCUT2D eigenvalue weighted by Crippen LogP contribution is 2.29. The maximum atomic E-state index is 13.3. The van der Waals surface area contributed by atoms with E-state index in [1.165, 1.54) is 23.1 Å². The number of hydrogen-bond acceptors (Lipinski definition) is 5. The molecule has 5 nitrogen and oxygen atoms in total. The largest absolute Gasteiger partial charge is 0.353 e. The van der Waals surface area contributed by atoms with Crippen molar-refractivity contribution in [2.24, 2.45) is 0 Å². The standard InChI is InChI=1S/C20H23N3O2S2/c1-5-12(2)21-16(24)11-26-20-22-18-17(13(3)14(4)27-18)19(25)23(20)15-9-7-6-8-10-15/h6-10,12H,5,11H2,1-4H3,(H,21,24)/t12-/m0/s1. The fraction of sp³-hybridized carbons (Fsp3) is 0.350. The number of carbonyl (C=O) groups is 1. The number of aromatic nitrogens is 2. The summed E-state index contributed by atoms with van der Waals surface area (Å²) in [5, 5.41) is 4.15. The molecule has 2 heterocycles. The van der Waals surface area contributed by atoms with E-state index < -0.39 is 0 Å². The highest BCUT2D eigenvalue weighted by atomic mass is 32.2. The van der Waals surface area contributed by atoms with Gasteiger partial charge >= 0.3 is 0 Å². The van der Waals surface area contributed by atoms with Gasteiger partial charge in [-0.05, 0) is 44.9 Å². The third-order valence-corrected chi connectivity index (χ3v) is 6.58. The molecular formula is C20H23N3O2S2. The summed E-state index contributed by atoms with van der Waals surface area (Å²) in [5.41, 5.74) is 1.64. The van der Waals surface area contributed by atoms with Crippen molar-refractivity contribution >= 4 is 39.2 Å². The predicted octanol–water partition coefficient (Wildman–Crippen LogP) is 4.07. The normalized spacial score (nSPS) is 12.3. The lowest BCUT2D eigenvalue weighted by molar-refractivity contribution is -0.119. The number of aryl methyl sites for hydroxylation is 2. The monoisotopic (exact) mass is 401 g/mol. The van der Waals surface area contributed by atoms with Crippen LogP contribution in [0.15, 0.2) is 40.3 Å². The fourth-order valence-corrected chi connectivity index (χ4v) is 4.62. The molecule has 3 rings (SSSR count). The Balaban J connectivity index is 2.05. The van der Waals surface area contributed by atoms with E-state index in [1.807, 2.05) is 58.0 Å². The summed E-state index contributed by atoms with van der Waals surface area (Å²) >= 11 is 2.81. The molecule has 0 saturated carbocycles. The van der Waals surface area contributed by atoms with E-state index in [0.29, 0.717) is 10.5 Å². The third kappa shape index (κ3) is 4.09. The topological polar surface area (TPSA) is 64.0 Å². The van der Waals surface area contributed by atoms with Gasteiger partial charge in [0, 0.05) is 10.9 Å². The molecule has 0 bridgehead atoms. The number of nitrogens with zero attached hydrogens (tertiary/aromatic N) is 2. The van der Waals surface area contributed by atoms with Crippen molar-refractivity contribution in [1.29, 1.82) is 0 Å². The van der Waals surface area contributed by atoms with Crippen LogP contribution in [0, 0.1) is 13.8 Å². The van der Waals surface area contributed by atoms with Crippen molar-refractivity contribution in [1.82, 2.24) is 14.9 Å². The van der Waals surface area contributed by atoms with Crippen molar-refractivity contribution < 1.29 is 4.79 Å². The number of hydrogen-bond donors (Lipinski definition) is 1. The summed E-state index contributed by atoms with van der Waals surface area (Å²) in [6.07, 6.45) is 0.878. The zero-order valence-electron chi connectivity index (χ0n) is 15.9. The van der Waals surface area contributed by atoms with Crippen LogP contribution in [-0.4, -0.2) is 27.3 Å². The van der Waals surface area contributed by atoms with E-state index in [2.05, 4.69) is 5.32 Å². The maximum absolute atomic E-state index is 13.3. The molecule has 0 unspecified atom stereocenters. The van der Waals surface area contributed by atoms with Crippen molar-refractivity contribution in [3.8, 4) is 5.69 Å². The summed E-state index contributed by atoms with van der Waals surface area (Å²) < 4.78 is 1.61. The van der Waals surface area contributed by atoms with Crippen LogP contribution in [0.3, 0.4) is 0 Å². The third-order valence-electron chi connectivity index (χ3n) is 4.54. The molecule has 1 aromatic carbocycles. The summed E-state index contributed by atoms with van der Waals surface area (Å²) in [4.78, 5) is 32.0. The minimum absolute atomic E-state index is 0.0538. The second-order valence-electron chi connectivity index (χ2n) is 6.50. The highest BCUT2D eigenvalue weighted by Gasteiger charge is 2.18. The van der Waals surface area contributed by atoms with Crippen LogP contribution < -0.4 is 10.9 Å². The quantitative estimate of drug-likeness (QED) is 0.499. The smallest absolute Gasteiger partial charge is 0.267 e. The summed E-state index contributed by atoms with van der Waals surface area (Å²) in [7, 11) is 0. The van der Waals surface area contributed by atoms with Gasteiger partial charge in [-0.2, -0.15) is 0 Å². The van der Waals surface area contributed by atoms with Gasteiger partial charge in [0.25, 0.3) is 5.56 Å². The van der Waals surface area contributed by atoms with Gasteiger partial charge in [-0.1, -0.05) is 36.9 Å². The molecule has 0 fully saturated rings. The second kappa shape index (κ2) is 8.27. The van der Waals surface area contributed by atoms with E-state index in [1.54, 1.807) is 4.57 Å². The second-order valence-corrected chi connectivity index (χ2v) is 8.65. The zero-order valence-corrected chi connectivity index (χ0v) is 17.5. The van der Waals surface area contributed by atoms with E-state index in [0.717, 1.165) is 27.4 Å². The van der Waals surface area contributed by atoms with Crippen LogP contribution in [0.2, 0.25) is 0 Å². The first kappa shape index (κ1) is 19.6. The van der Waals surface area contributed by atoms with Crippen LogP contribution in [0.4, 0.5) is 0 Å². The molecule has 7 heteroatoms. The number of rotatable bonds is 6. The van der Waals surface area contributed by atoms with Crippen molar-refractivity contribution in [3.63, 3.8) is 0 Å². The molecule has 0 saturated heterocycles. The van der Waals surface area contributed by atoms with Crippen LogP contribution in [0.5, 0.6) is 0 Å². The fourth-order valence-electron chi connectivity index (χ4n) is 2.73. The number of thiophene rings is 1. The lowest BCUT2D eigenvalue weighted by Crippen LogP contribution is -2.33. The molecule has 0 radical (unpaired) electrons. The van der Waals surface area contributed by atoms with Gasteiger partial charge in [0.05, 0.1) is 16.8 Å². The maximum Gasteiger partial charge on any atom is 0.267 e. The SMILES string of the molecule is CC[C@H](C)NC(=O)CSc1nc2sc(C)c(C)c2c(=O)n1-c1ccccc1. The first-order valence-electron chi connectivity index (χ1n) is 8.92. The molecule has 27 heavy (non-hydrogen) atoms. The Morgan fingerprint density at radius 2 is 2.00 bits per heavy atom. The average molecular weight is 402 g/mol. The molecule has 1 atom stereocenters. The first-order valence-corrected chi connectivity index (χ1v) is 10.7. The molecule has 0 aliphatic heterocycles. The number of benzene rings is 1. The number of carbonyl (C=O) groups excluding carboxylic acids is 1. The van der Waals surface area contributed by atoms with Crippen molar-refractivity contribution in [3.05, 3.63) is 51.1 Å². The van der Waals surface area contributed by atoms with Gasteiger partial charge < -0.3 is 5.32 Å². The Hall–Kier alpha value is -2.12. The number of thioether (sulfide) groups is 1. The molecule has 0 aliphatic carbocycles. The first-order chi connectivity index (χ1) is 12.9. The molecular weight excluding hydrogens is 378 g/mol. The van der Waals surface area contributed by atoms with Crippen LogP contribution in [0.1, 0.15) is 30.7 Å². The Morgan fingerprint density at radius 3 is 2.67 bits per heavy atom. The molecule has 1 amide bonds. The predicted molar refractivity (Wildman–Crippen MR) is 113 cm³/mol. The Bertz CT molecular complexity index is 1030. The van der Waals surface area contributed by atoms with Gasteiger partial charge in [0.15, 0.2) is 5.16 Å². The summed E-state index contributed by atoms with van der Waals surface area (Å²) in [6, 6.07) is 9.59. The number of para-hydroxylation sites is 1. The van der Waals surface area contributed by atoms with Gasteiger partial charge in [-0.25, -0.2) is 4.98 Å². The van der Waals surface area contributed by atoms with Crippen LogP contribution in [-0.2, 0) is 4.79 Å². The van der Waals surface area contributed by atoms with Gasteiger partial charge in [0.1, 0.15) is 4.83 Å². The van der Waals surface area contributed by atoms with E-state index >= 15 is 0 Å². The highest BCUT2D eigenvalue weighted by molar-refractivity contribution is 7.99. The Morgan fingerprint density at radius 1 is 1.30 bits per heavy atom. The van der Waals surface area contributed by atoms with E-state index in [4.69, 9.17) is 4.98 Å². The molecule has 0 spiro atoms. The lowest BCUT2D eigenvalue weighted by atomic mass is 10.2. The van der Waals surface area contributed by atoms with Gasteiger partial charge in [0.2, 0.25) is 5.91 Å². The Labute approximate surface area is 166 Å².